The Morgan fingerprint density at radius 1 is 1.38 bits per heavy atom. The fourth-order valence-corrected chi connectivity index (χ4v) is 2.04. The predicted octanol–water partition coefficient (Wildman–Crippen LogP) is 0.783. The number of hydrogen-bond donors (Lipinski definition) is 0. The normalized spacial score (nSPS) is 11.5. The molecule has 0 unspecified atom stereocenters. The first-order valence-corrected chi connectivity index (χ1v) is 6.81. The Morgan fingerprint density at radius 2 is 2.10 bits per heavy atom. The van der Waals surface area contributed by atoms with Gasteiger partial charge in [0.2, 0.25) is 0 Å². The van der Waals surface area contributed by atoms with Crippen LogP contribution in [-0.2, 0) is 23.6 Å². The summed E-state index contributed by atoms with van der Waals surface area (Å²) in [6.07, 6.45) is 5.99. The molecule has 1 aromatic carbocycles. The van der Waals surface area contributed by atoms with E-state index < -0.39 is 0 Å². The molecule has 5 heteroatoms. The van der Waals surface area contributed by atoms with Crippen LogP contribution in [0.15, 0.2) is 48.2 Å². The molecule has 0 aliphatic carbocycles. The van der Waals surface area contributed by atoms with E-state index in [1.807, 2.05) is 79.3 Å². The summed E-state index contributed by atoms with van der Waals surface area (Å²) in [5.41, 5.74) is 3.05. The maximum atomic E-state index is 11.1. The van der Waals surface area contributed by atoms with Crippen LogP contribution >= 0.6 is 0 Å². The molecule has 0 aliphatic heterocycles. The Balaban J connectivity index is 2.24. The Morgan fingerprint density at radius 3 is 2.67 bits per heavy atom. The van der Waals surface area contributed by atoms with Crippen LogP contribution in [0.3, 0.4) is 0 Å². The average molecular weight is 282 g/mol. The van der Waals surface area contributed by atoms with Crippen LogP contribution in [0.25, 0.3) is 6.08 Å². The summed E-state index contributed by atoms with van der Waals surface area (Å²) in [6, 6.07) is 9.98. The third kappa shape index (κ3) is 4.34. The zero-order valence-electron chi connectivity index (χ0n) is 12.6. The summed E-state index contributed by atoms with van der Waals surface area (Å²) < 4.78 is 9.19. The summed E-state index contributed by atoms with van der Waals surface area (Å²) in [7, 11) is 5.99. The SMILES string of the molecule is CC(=O)OC/C([B-]c1n(C)cc[n+]1C)=C/c1ccccc1. The van der Waals surface area contributed by atoms with Gasteiger partial charge in [0.1, 0.15) is 12.4 Å². The lowest BCUT2D eigenvalue weighted by Crippen LogP contribution is -2.50. The molecule has 0 N–H and O–H groups in total. The maximum absolute atomic E-state index is 11.1. The summed E-state index contributed by atoms with van der Waals surface area (Å²) in [5, 5.41) is 0. The van der Waals surface area contributed by atoms with E-state index >= 15 is 0 Å². The predicted molar refractivity (Wildman–Crippen MR) is 83.0 cm³/mol. The standard InChI is InChI=1S/C16H19BN2O2/c1-13(20)21-12-15(11-14-7-5-4-6-8-14)17-16-18(2)9-10-19(16)3/h4-11H,12H2,1-3H3/b15-11-. The molecule has 0 saturated carbocycles. The van der Waals surface area contributed by atoms with Crippen molar-refractivity contribution in [2.24, 2.45) is 14.1 Å². The number of aromatic nitrogens is 2. The van der Waals surface area contributed by atoms with E-state index in [0.717, 1.165) is 16.8 Å². The number of carbonyl (C=O) groups excluding carboxylic acids is 1. The number of aryl methyl sites for hydroxylation is 2. The van der Waals surface area contributed by atoms with Crippen LogP contribution in [-0.4, -0.2) is 24.4 Å². The first kappa shape index (κ1) is 15.1. The van der Waals surface area contributed by atoms with E-state index in [1.54, 1.807) is 0 Å². The molecule has 2 aromatic rings. The molecule has 1 heterocycles. The highest BCUT2D eigenvalue weighted by Gasteiger charge is 2.02. The van der Waals surface area contributed by atoms with Crippen molar-refractivity contribution in [3.63, 3.8) is 0 Å². The van der Waals surface area contributed by atoms with Gasteiger partial charge in [-0.1, -0.05) is 36.4 Å². The number of rotatable bonds is 5. The van der Waals surface area contributed by atoms with Gasteiger partial charge in [-0.25, -0.2) is 0 Å². The van der Waals surface area contributed by atoms with E-state index in [4.69, 9.17) is 4.74 Å². The van der Waals surface area contributed by atoms with Gasteiger partial charge in [-0.2, -0.15) is 0 Å². The molecule has 108 valence electrons. The van der Waals surface area contributed by atoms with Crippen LogP contribution in [0.4, 0.5) is 0 Å². The lowest BCUT2D eigenvalue weighted by atomic mass is 9.68. The molecule has 0 spiro atoms. The summed E-state index contributed by atoms with van der Waals surface area (Å²) in [4.78, 5) is 11.1. The zero-order chi connectivity index (χ0) is 15.2. The van der Waals surface area contributed by atoms with E-state index in [1.165, 1.54) is 6.92 Å². The second-order valence-electron chi connectivity index (χ2n) is 4.93. The Labute approximate surface area is 125 Å². The van der Waals surface area contributed by atoms with E-state index in [2.05, 4.69) is 0 Å². The average Bonchev–Trinajstić information content (AvgIpc) is 2.77. The van der Waals surface area contributed by atoms with Crippen LogP contribution in [0.2, 0.25) is 0 Å². The van der Waals surface area contributed by atoms with Crippen molar-refractivity contribution in [2.75, 3.05) is 6.61 Å². The number of hydrogen-bond acceptors (Lipinski definition) is 2. The smallest absolute Gasteiger partial charge is 0.302 e. The molecule has 4 nitrogen and oxygen atoms in total. The highest BCUT2D eigenvalue weighted by atomic mass is 16.5. The molecule has 2 radical (unpaired) electrons. The van der Waals surface area contributed by atoms with Crippen molar-refractivity contribution in [1.29, 1.82) is 0 Å². The molecule has 0 fully saturated rings. The Hall–Kier alpha value is -2.30. The van der Waals surface area contributed by atoms with Crippen LogP contribution < -0.4 is 10.3 Å². The Bertz CT molecular complexity index is 628. The summed E-state index contributed by atoms with van der Waals surface area (Å²) in [6.45, 7) is 1.68. The van der Waals surface area contributed by atoms with Gasteiger partial charge in [0.05, 0.1) is 20.7 Å². The fraction of sp³-hybridized carbons (Fsp3) is 0.250. The van der Waals surface area contributed by atoms with Crippen LogP contribution in [0, 0.1) is 0 Å². The molecule has 0 aliphatic rings. The maximum Gasteiger partial charge on any atom is 0.302 e. The van der Waals surface area contributed by atoms with Gasteiger partial charge in [-0.3, -0.25) is 19.4 Å². The number of nitrogens with zero attached hydrogens (tertiary/aromatic N) is 2. The minimum absolute atomic E-state index is 0.259. The molecule has 0 bridgehead atoms. The van der Waals surface area contributed by atoms with Crippen molar-refractivity contribution >= 4 is 25.0 Å². The first-order valence-electron chi connectivity index (χ1n) is 6.81. The molecule has 1 aromatic heterocycles. The molecule has 21 heavy (non-hydrogen) atoms. The van der Waals surface area contributed by atoms with Crippen molar-refractivity contribution in [1.82, 2.24) is 4.57 Å². The molecule has 0 atom stereocenters. The van der Waals surface area contributed by atoms with Gasteiger partial charge in [0.15, 0.2) is 0 Å². The molecular formula is C16H19BN2O2. The van der Waals surface area contributed by atoms with Gasteiger partial charge in [0, 0.05) is 12.6 Å². The summed E-state index contributed by atoms with van der Waals surface area (Å²) >= 11 is 0. The first-order chi connectivity index (χ1) is 10.1. The number of imidazole rings is 1. The van der Waals surface area contributed by atoms with Crippen molar-refractivity contribution < 1.29 is 14.1 Å². The number of ether oxygens (including phenoxy) is 1. The van der Waals surface area contributed by atoms with Crippen LogP contribution in [0.1, 0.15) is 12.5 Å². The van der Waals surface area contributed by atoms with Crippen LogP contribution in [0.5, 0.6) is 0 Å². The van der Waals surface area contributed by atoms with E-state index in [9.17, 15) is 4.79 Å². The highest BCUT2D eigenvalue weighted by Crippen LogP contribution is 2.06. The quantitative estimate of drug-likeness (QED) is 0.461. The molecular weight excluding hydrogens is 263 g/mol. The second kappa shape index (κ2) is 6.93. The van der Waals surface area contributed by atoms with Gasteiger partial charge in [0.25, 0.3) is 0 Å². The summed E-state index contributed by atoms with van der Waals surface area (Å²) in [5.74, 6) is -0.279. The fourth-order valence-electron chi connectivity index (χ4n) is 2.04. The van der Waals surface area contributed by atoms with Gasteiger partial charge in [-0.15, -0.1) is 7.28 Å². The molecule has 0 saturated heterocycles. The lowest BCUT2D eigenvalue weighted by Gasteiger charge is -2.19. The van der Waals surface area contributed by atoms with Gasteiger partial charge < -0.3 is 4.74 Å². The number of benzene rings is 1. The van der Waals surface area contributed by atoms with Crippen molar-refractivity contribution in [3.8, 4) is 0 Å². The third-order valence-corrected chi connectivity index (χ3v) is 3.14. The molecule has 0 amide bonds. The number of carbonyl (C=O) groups is 1. The lowest BCUT2D eigenvalue weighted by molar-refractivity contribution is -0.652. The van der Waals surface area contributed by atoms with Crippen molar-refractivity contribution in [3.05, 3.63) is 53.8 Å². The van der Waals surface area contributed by atoms with Gasteiger partial charge >= 0.3 is 5.97 Å². The monoisotopic (exact) mass is 282 g/mol. The Kier molecular flexibility index (Phi) is 4.98. The highest BCUT2D eigenvalue weighted by molar-refractivity contribution is 6.59. The van der Waals surface area contributed by atoms with E-state index in [0.29, 0.717) is 0 Å². The number of esters is 1. The topological polar surface area (TPSA) is 35.1 Å². The van der Waals surface area contributed by atoms with E-state index in [-0.39, 0.29) is 12.6 Å². The zero-order valence-corrected chi connectivity index (χ0v) is 12.6. The largest absolute Gasteiger partial charge is 0.465 e. The minimum atomic E-state index is -0.279. The third-order valence-electron chi connectivity index (χ3n) is 3.14. The van der Waals surface area contributed by atoms with Crippen molar-refractivity contribution in [2.45, 2.75) is 6.92 Å². The second-order valence-corrected chi connectivity index (χ2v) is 4.93. The molecule has 2 rings (SSSR count). The van der Waals surface area contributed by atoms with Gasteiger partial charge in [-0.05, 0) is 5.56 Å². The minimum Gasteiger partial charge on any atom is -0.465 e.